The number of fused-ring (bicyclic) bond motifs is 1. The van der Waals surface area contributed by atoms with E-state index in [4.69, 9.17) is 0 Å². The number of anilines is 1. The molecule has 0 bridgehead atoms. The summed E-state index contributed by atoms with van der Waals surface area (Å²) in [6.45, 7) is 0. The first-order valence-electron chi connectivity index (χ1n) is 6.89. The molecule has 3 aromatic rings. The fourth-order valence-electron chi connectivity index (χ4n) is 2.29. The number of nitrogens with zero attached hydrogens (tertiary/aromatic N) is 2. The molecule has 5 heteroatoms. The standard InChI is InChI=1S/C16H13N3OS/c20-16(10-1-2-10)19-15-6-13-5-11(14-8-17-9-21-14)3-4-12(13)7-18-15/h3-10H,1-2H2,(H,18,19,20). The highest BCUT2D eigenvalue weighted by molar-refractivity contribution is 7.13. The van der Waals surface area contributed by atoms with E-state index >= 15 is 0 Å². The Morgan fingerprint density at radius 2 is 2.10 bits per heavy atom. The average molecular weight is 295 g/mol. The van der Waals surface area contributed by atoms with Gasteiger partial charge in [0.15, 0.2) is 0 Å². The fourth-order valence-corrected chi connectivity index (χ4v) is 2.91. The number of carbonyl (C=O) groups is 1. The van der Waals surface area contributed by atoms with Gasteiger partial charge in [0.1, 0.15) is 5.82 Å². The Bertz CT molecular complexity index is 810. The van der Waals surface area contributed by atoms with Crippen LogP contribution in [0.2, 0.25) is 0 Å². The minimum absolute atomic E-state index is 0.0838. The third kappa shape index (κ3) is 2.52. The van der Waals surface area contributed by atoms with Crippen molar-refractivity contribution in [3.8, 4) is 10.4 Å². The van der Waals surface area contributed by atoms with Crippen molar-refractivity contribution in [2.75, 3.05) is 5.32 Å². The molecule has 0 atom stereocenters. The van der Waals surface area contributed by atoms with E-state index in [9.17, 15) is 4.79 Å². The molecule has 104 valence electrons. The summed E-state index contributed by atoms with van der Waals surface area (Å²) in [6, 6.07) is 8.15. The van der Waals surface area contributed by atoms with E-state index in [0.717, 1.165) is 34.1 Å². The minimum atomic E-state index is 0.0838. The molecule has 0 radical (unpaired) electrons. The Balaban J connectivity index is 1.69. The fraction of sp³-hybridized carbons (Fsp3) is 0.188. The van der Waals surface area contributed by atoms with Crippen molar-refractivity contribution in [2.24, 2.45) is 5.92 Å². The first kappa shape index (κ1) is 12.5. The zero-order valence-corrected chi connectivity index (χ0v) is 12.1. The predicted molar refractivity (Wildman–Crippen MR) is 84.2 cm³/mol. The molecule has 1 amide bonds. The highest BCUT2D eigenvalue weighted by Gasteiger charge is 2.29. The summed E-state index contributed by atoms with van der Waals surface area (Å²) in [5.74, 6) is 0.896. The lowest BCUT2D eigenvalue weighted by molar-refractivity contribution is -0.117. The second-order valence-electron chi connectivity index (χ2n) is 5.26. The molecule has 2 aromatic heterocycles. The van der Waals surface area contributed by atoms with Crippen LogP contribution in [-0.2, 0) is 4.79 Å². The summed E-state index contributed by atoms with van der Waals surface area (Å²) >= 11 is 1.62. The highest BCUT2D eigenvalue weighted by Crippen LogP contribution is 2.31. The molecule has 4 nitrogen and oxygen atoms in total. The van der Waals surface area contributed by atoms with Crippen LogP contribution >= 0.6 is 11.3 Å². The number of carbonyl (C=O) groups excluding carboxylic acids is 1. The normalized spacial score (nSPS) is 14.3. The van der Waals surface area contributed by atoms with Gasteiger partial charge >= 0.3 is 0 Å². The number of nitrogens with one attached hydrogen (secondary N) is 1. The average Bonchev–Trinajstić information content (AvgIpc) is 3.22. The molecule has 4 rings (SSSR count). The molecule has 1 aliphatic rings. The van der Waals surface area contributed by atoms with Gasteiger partial charge in [0.2, 0.25) is 5.91 Å². The smallest absolute Gasteiger partial charge is 0.228 e. The first-order chi connectivity index (χ1) is 10.3. The van der Waals surface area contributed by atoms with Crippen LogP contribution in [0.25, 0.3) is 21.2 Å². The van der Waals surface area contributed by atoms with Gasteiger partial charge < -0.3 is 5.32 Å². The van der Waals surface area contributed by atoms with E-state index in [1.807, 2.05) is 23.8 Å². The van der Waals surface area contributed by atoms with Gasteiger partial charge in [-0.05, 0) is 35.9 Å². The maximum Gasteiger partial charge on any atom is 0.228 e. The van der Waals surface area contributed by atoms with Gasteiger partial charge in [0.05, 0.1) is 10.4 Å². The van der Waals surface area contributed by atoms with Gasteiger partial charge in [-0.3, -0.25) is 9.78 Å². The molecule has 0 saturated heterocycles. The van der Waals surface area contributed by atoms with E-state index in [-0.39, 0.29) is 11.8 Å². The van der Waals surface area contributed by atoms with Crippen molar-refractivity contribution < 1.29 is 4.79 Å². The second kappa shape index (κ2) is 4.93. The van der Waals surface area contributed by atoms with Gasteiger partial charge in [0, 0.05) is 23.7 Å². The van der Waals surface area contributed by atoms with Crippen molar-refractivity contribution in [2.45, 2.75) is 12.8 Å². The lowest BCUT2D eigenvalue weighted by Crippen LogP contribution is -2.14. The molecule has 2 heterocycles. The number of hydrogen-bond acceptors (Lipinski definition) is 4. The van der Waals surface area contributed by atoms with Gasteiger partial charge in [-0.25, -0.2) is 4.98 Å². The molecule has 0 aliphatic heterocycles. The van der Waals surface area contributed by atoms with Crippen molar-refractivity contribution in [1.29, 1.82) is 0 Å². The molecule has 1 aromatic carbocycles. The molecule has 0 spiro atoms. The van der Waals surface area contributed by atoms with Crippen LogP contribution in [-0.4, -0.2) is 15.9 Å². The molecule has 1 fully saturated rings. The van der Waals surface area contributed by atoms with Gasteiger partial charge in [-0.15, -0.1) is 11.3 Å². The van der Waals surface area contributed by atoms with Crippen LogP contribution in [0.5, 0.6) is 0 Å². The summed E-state index contributed by atoms with van der Waals surface area (Å²) in [5.41, 5.74) is 2.96. The third-order valence-corrected chi connectivity index (χ3v) is 4.46. The largest absolute Gasteiger partial charge is 0.310 e. The summed E-state index contributed by atoms with van der Waals surface area (Å²) in [4.78, 5) is 21.4. The summed E-state index contributed by atoms with van der Waals surface area (Å²) in [5, 5.41) is 5.02. The number of pyridine rings is 1. The van der Waals surface area contributed by atoms with Crippen LogP contribution in [0.1, 0.15) is 12.8 Å². The second-order valence-corrected chi connectivity index (χ2v) is 6.15. The molecule has 1 N–H and O–H groups in total. The minimum Gasteiger partial charge on any atom is -0.310 e. The monoisotopic (exact) mass is 295 g/mol. The summed E-state index contributed by atoms with van der Waals surface area (Å²) in [7, 11) is 0. The Kier molecular flexibility index (Phi) is 2.93. The van der Waals surface area contributed by atoms with E-state index in [0.29, 0.717) is 5.82 Å². The number of hydrogen-bond donors (Lipinski definition) is 1. The SMILES string of the molecule is O=C(Nc1cc2cc(-c3cncs3)ccc2cn1)C1CC1. The van der Waals surface area contributed by atoms with Crippen LogP contribution in [0.4, 0.5) is 5.82 Å². The van der Waals surface area contributed by atoms with Crippen LogP contribution in [0.15, 0.2) is 42.2 Å². The van der Waals surface area contributed by atoms with Crippen molar-refractivity contribution in [3.63, 3.8) is 0 Å². The molecule has 1 aliphatic carbocycles. The van der Waals surface area contributed by atoms with E-state index in [1.54, 1.807) is 17.5 Å². The first-order valence-corrected chi connectivity index (χ1v) is 7.77. The Hall–Kier alpha value is -2.27. The van der Waals surface area contributed by atoms with Gasteiger partial charge in [-0.2, -0.15) is 0 Å². The molecule has 21 heavy (non-hydrogen) atoms. The van der Waals surface area contributed by atoms with E-state index < -0.39 is 0 Å². The quantitative estimate of drug-likeness (QED) is 0.801. The third-order valence-electron chi connectivity index (χ3n) is 3.64. The molecule has 0 unspecified atom stereocenters. The number of rotatable bonds is 3. The van der Waals surface area contributed by atoms with Crippen LogP contribution < -0.4 is 5.32 Å². The van der Waals surface area contributed by atoms with Crippen LogP contribution in [0, 0.1) is 5.92 Å². The van der Waals surface area contributed by atoms with Gasteiger partial charge in [0.25, 0.3) is 0 Å². The van der Waals surface area contributed by atoms with Gasteiger partial charge in [-0.1, -0.05) is 12.1 Å². The lowest BCUT2D eigenvalue weighted by atomic mass is 10.1. The number of amides is 1. The predicted octanol–water partition coefficient (Wildman–Crippen LogP) is 3.71. The number of thiazole rings is 1. The maximum atomic E-state index is 11.8. The topological polar surface area (TPSA) is 54.9 Å². The Morgan fingerprint density at radius 1 is 1.19 bits per heavy atom. The lowest BCUT2D eigenvalue weighted by Gasteiger charge is -2.06. The van der Waals surface area contributed by atoms with E-state index in [1.165, 1.54) is 0 Å². The Labute approximate surface area is 125 Å². The van der Waals surface area contributed by atoms with Crippen molar-refractivity contribution >= 4 is 33.8 Å². The van der Waals surface area contributed by atoms with Crippen molar-refractivity contribution in [3.05, 3.63) is 42.2 Å². The highest BCUT2D eigenvalue weighted by atomic mass is 32.1. The molecular weight excluding hydrogens is 282 g/mol. The molecular formula is C16H13N3OS. The maximum absolute atomic E-state index is 11.8. The zero-order chi connectivity index (χ0) is 14.2. The zero-order valence-electron chi connectivity index (χ0n) is 11.2. The van der Waals surface area contributed by atoms with E-state index in [2.05, 4.69) is 27.4 Å². The number of aromatic nitrogens is 2. The van der Waals surface area contributed by atoms with Crippen LogP contribution in [0.3, 0.4) is 0 Å². The molecule has 1 saturated carbocycles. The number of benzene rings is 1. The Morgan fingerprint density at radius 3 is 2.86 bits per heavy atom. The summed E-state index contributed by atoms with van der Waals surface area (Å²) < 4.78 is 0. The summed E-state index contributed by atoms with van der Waals surface area (Å²) in [6.07, 6.45) is 5.65. The van der Waals surface area contributed by atoms with Crippen molar-refractivity contribution in [1.82, 2.24) is 9.97 Å².